The Kier molecular flexibility index (Phi) is 5.90. The van der Waals surface area contributed by atoms with Crippen LogP contribution in [0.4, 0.5) is 22.9 Å². The number of pyridine rings is 1. The minimum atomic E-state index is -0.189. The minimum Gasteiger partial charge on any atom is -0.372 e. The van der Waals surface area contributed by atoms with Gasteiger partial charge in [-0.3, -0.25) is 4.79 Å². The molecule has 6 nitrogen and oxygen atoms in total. The molecule has 2 aromatic carbocycles. The van der Waals surface area contributed by atoms with Crippen molar-refractivity contribution in [3.05, 3.63) is 78.0 Å². The Balaban J connectivity index is 1.40. The molecule has 4 rings (SSSR count). The fraction of sp³-hybridized carbons (Fsp3) is 0.208. The van der Waals surface area contributed by atoms with Crippen LogP contribution < -0.4 is 15.5 Å². The highest BCUT2D eigenvalue weighted by Gasteiger charge is 2.12. The van der Waals surface area contributed by atoms with E-state index in [4.69, 9.17) is 5.26 Å². The zero-order valence-corrected chi connectivity index (χ0v) is 16.6. The third-order valence-corrected chi connectivity index (χ3v) is 5.15. The van der Waals surface area contributed by atoms with E-state index in [9.17, 15) is 4.79 Å². The van der Waals surface area contributed by atoms with Gasteiger partial charge >= 0.3 is 0 Å². The first-order valence-electron chi connectivity index (χ1n) is 10.1. The molecule has 0 unspecified atom stereocenters. The van der Waals surface area contributed by atoms with Crippen molar-refractivity contribution >= 4 is 28.8 Å². The second-order valence-electron chi connectivity index (χ2n) is 7.29. The third kappa shape index (κ3) is 4.76. The Hall–Kier alpha value is -3.85. The summed E-state index contributed by atoms with van der Waals surface area (Å²) in [7, 11) is 0. The molecule has 1 aromatic heterocycles. The molecule has 6 heteroatoms. The van der Waals surface area contributed by atoms with Crippen LogP contribution >= 0.6 is 0 Å². The molecule has 1 fully saturated rings. The molecule has 30 heavy (non-hydrogen) atoms. The van der Waals surface area contributed by atoms with E-state index in [0.29, 0.717) is 16.9 Å². The summed E-state index contributed by atoms with van der Waals surface area (Å²) in [5, 5.41) is 15.0. The summed E-state index contributed by atoms with van der Waals surface area (Å²) >= 11 is 0. The van der Waals surface area contributed by atoms with Gasteiger partial charge in [0.25, 0.3) is 5.91 Å². The molecule has 0 atom stereocenters. The molecule has 2 heterocycles. The summed E-state index contributed by atoms with van der Waals surface area (Å²) in [4.78, 5) is 19.3. The van der Waals surface area contributed by atoms with Crippen LogP contribution in [0.15, 0.2) is 66.9 Å². The van der Waals surface area contributed by atoms with Crippen molar-refractivity contribution in [1.29, 1.82) is 5.26 Å². The van der Waals surface area contributed by atoms with Gasteiger partial charge in [-0.15, -0.1) is 0 Å². The van der Waals surface area contributed by atoms with E-state index in [1.54, 1.807) is 42.6 Å². The number of carbonyl (C=O) groups excluding carboxylic acids is 1. The van der Waals surface area contributed by atoms with Crippen molar-refractivity contribution in [1.82, 2.24) is 4.98 Å². The Morgan fingerprint density at radius 3 is 2.33 bits per heavy atom. The summed E-state index contributed by atoms with van der Waals surface area (Å²) in [6.07, 6.45) is 5.37. The first-order valence-corrected chi connectivity index (χ1v) is 10.1. The molecule has 1 saturated heterocycles. The average Bonchev–Trinajstić information content (AvgIpc) is 2.81. The number of piperidine rings is 1. The van der Waals surface area contributed by atoms with Crippen molar-refractivity contribution in [2.75, 3.05) is 28.6 Å². The summed E-state index contributed by atoms with van der Waals surface area (Å²) in [6.45, 7) is 2.19. The normalized spacial score (nSPS) is 13.4. The molecular formula is C24H23N5O. The van der Waals surface area contributed by atoms with Crippen LogP contribution in [0.3, 0.4) is 0 Å². The largest absolute Gasteiger partial charge is 0.372 e. The summed E-state index contributed by atoms with van der Waals surface area (Å²) in [6, 6.07) is 20.5. The lowest BCUT2D eigenvalue weighted by molar-refractivity contribution is 0.102. The summed E-state index contributed by atoms with van der Waals surface area (Å²) in [5.74, 6) is 0.374. The Morgan fingerprint density at radius 2 is 1.63 bits per heavy atom. The lowest BCUT2D eigenvalue weighted by atomic mass is 10.1. The predicted octanol–water partition coefficient (Wildman–Crippen LogP) is 4.94. The van der Waals surface area contributed by atoms with Crippen molar-refractivity contribution in [3.63, 3.8) is 0 Å². The second-order valence-corrected chi connectivity index (χ2v) is 7.29. The van der Waals surface area contributed by atoms with Gasteiger partial charge in [0.1, 0.15) is 5.82 Å². The van der Waals surface area contributed by atoms with Gasteiger partial charge in [0.05, 0.1) is 11.6 Å². The Bertz CT molecular complexity index is 1050. The van der Waals surface area contributed by atoms with Gasteiger partial charge in [0.15, 0.2) is 0 Å². The van der Waals surface area contributed by atoms with Crippen LogP contribution in [0, 0.1) is 11.3 Å². The predicted molar refractivity (Wildman–Crippen MR) is 119 cm³/mol. The lowest BCUT2D eigenvalue weighted by Gasteiger charge is -2.28. The quantitative estimate of drug-likeness (QED) is 0.637. The average molecular weight is 397 g/mol. The molecule has 0 radical (unpaired) electrons. The molecule has 1 aliphatic rings. The zero-order valence-electron chi connectivity index (χ0n) is 16.6. The second kappa shape index (κ2) is 9.10. The van der Waals surface area contributed by atoms with Gasteiger partial charge in [-0.2, -0.15) is 5.26 Å². The van der Waals surface area contributed by atoms with Crippen molar-refractivity contribution in [3.8, 4) is 6.07 Å². The van der Waals surface area contributed by atoms with Crippen molar-refractivity contribution in [2.24, 2.45) is 0 Å². The van der Waals surface area contributed by atoms with Crippen LogP contribution in [0.1, 0.15) is 35.2 Å². The van der Waals surface area contributed by atoms with E-state index in [0.717, 1.165) is 24.5 Å². The smallest absolute Gasteiger partial charge is 0.255 e. The maximum Gasteiger partial charge on any atom is 0.255 e. The van der Waals surface area contributed by atoms with E-state index >= 15 is 0 Å². The van der Waals surface area contributed by atoms with E-state index in [-0.39, 0.29) is 5.91 Å². The number of carbonyl (C=O) groups is 1. The van der Waals surface area contributed by atoms with E-state index < -0.39 is 0 Å². The fourth-order valence-corrected chi connectivity index (χ4v) is 3.53. The SMILES string of the molecule is N#Cc1ccc(Nc2cc(C(=O)Nc3ccc(N4CCCCC4)cc3)ccn2)cc1. The molecule has 1 amide bonds. The van der Waals surface area contributed by atoms with Gasteiger partial charge < -0.3 is 15.5 Å². The van der Waals surface area contributed by atoms with Crippen molar-refractivity contribution < 1.29 is 4.79 Å². The molecule has 0 spiro atoms. The number of nitrogens with zero attached hydrogens (tertiary/aromatic N) is 3. The number of nitrogens with one attached hydrogen (secondary N) is 2. The Labute approximate surface area is 176 Å². The summed E-state index contributed by atoms with van der Waals surface area (Å²) in [5.41, 5.74) is 3.87. The van der Waals surface area contributed by atoms with Gasteiger partial charge in [-0.1, -0.05) is 0 Å². The number of amides is 1. The van der Waals surface area contributed by atoms with Crippen LogP contribution in [-0.2, 0) is 0 Å². The van der Waals surface area contributed by atoms with Crippen LogP contribution in [0.25, 0.3) is 0 Å². The first kappa shape index (κ1) is 19.5. The Morgan fingerprint density at radius 1 is 0.933 bits per heavy atom. The highest BCUT2D eigenvalue weighted by Crippen LogP contribution is 2.22. The number of rotatable bonds is 5. The van der Waals surface area contributed by atoms with E-state index in [1.807, 2.05) is 12.1 Å². The summed E-state index contributed by atoms with van der Waals surface area (Å²) < 4.78 is 0. The van der Waals surface area contributed by atoms with Gasteiger partial charge in [0, 0.05) is 41.9 Å². The number of anilines is 4. The molecule has 0 bridgehead atoms. The molecule has 0 aliphatic carbocycles. The van der Waals surface area contributed by atoms with Crippen LogP contribution in [-0.4, -0.2) is 24.0 Å². The standard InChI is InChI=1S/C24H23N5O/c25-17-18-4-6-20(7-5-18)27-23-16-19(12-13-26-23)24(30)28-21-8-10-22(11-9-21)29-14-2-1-3-15-29/h4-13,16H,1-3,14-15H2,(H,26,27)(H,28,30). The molecule has 3 aromatic rings. The van der Waals surface area contributed by atoms with Gasteiger partial charge in [0.2, 0.25) is 0 Å². The first-order chi connectivity index (χ1) is 14.7. The highest BCUT2D eigenvalue weighted by atomic mass is 16.1. The topological polar surface area (TPSA) is 81.0 Å². The van der Waals surface area contributed by atoms with E-state index in [1.165, 1.54) is 24.9 Å². The zero-order chi connectivity index (χ0) is 20.8. The number of hydrogen-bond donors (Lipinski definition) is 2. The fourth-order valence-electron chi connectivity index (χ4n) is 3.53. The van der Waals surface area contributed by atoms with Crippen LogP contribution in [0.2, 0.25) is 0 Å². The number of hydrogen-bond acceptors (Lipinski definition) is 5. The number of benzene rings is 2. The molecule has 2 N–H and O–H groups in total. The molecule has 150 valence electrons. The number of nitriles is 1. The van der Waals surface area contributed by atoms with Crippen LogP contribution in [0.5, 0.6) is 0 Å². The highest BCUT2D eigenvalue weighted by molar-refractivity contribution is 6.04. The van der Waals surface area contributed by atoms with E-state index in [2.05, 4.69) is 38.7 Å². The molecular weight excluding hydrogens is 374 g/mol. The third-order valence-electron chi connectivity index (χ3n) is 5.15. The van der Waals surface area contributed by atoms with Gasteiger partial charge in [-0.25, -0.2) is 4.98 Å². The minimum absolute atomic E-state index is 0.189. The van der Waals surface area contributed by atoms with Gasteiger partial charge in [-0.05, 0) is 79.9 Å². The maximum atomic E-state index is 12.7. The molecule has 1 aliphatic heterocycles. The number of aromatic nitrogens is 1. The maximum absolute atomic E-state index is 12.7. The monoisotopic (exact) mass is 397 g/mol. The van der Waals surface area contributed by atoms with Crippen molar-refractivity contribution in [2.45, 2.75) is 19.3 Å². The molecule has 0 saturated carbocycles. The lowest BCUT2D eigenvalue weighted by Crippen LogP contribution is -2.29.